The second-order valence-corrected chi connectivity index (χ2v) is 6.26. The average molecular weight is 304 g/mol. The summed E-state index contributed by atoms with van der Waals surface area (Å²) < 4.78 is 0. The Morgan fingerprint density at radius 1 is 1.14 bits per heavy atom. The highest BCUT2D eigenvalue weighted by Crippen LogP contribution is 2.20. The van der Waals surface area contributed by atoms with E-state index in [1.54, 1.807) is 6.92 Å². The molecule has 1 amide bonds. The van der Waals surface area contributed by atoms with E-state index in [1.165, 1.54) is 5.56 Å². The molecule has 1 aliphatic heterocycles. The van der Waals surface area contributed by atoms with Crippen LogP contribution < -0.4 is 5.56 Å². The minimum absolute atomic E-state index is 0.00600. The standard InChI is InChI=1S/C16H24N4O2/c1-12(21)20-10-8-19(9-11-20)7-6-15-13-4-2-3-5-14(13)16(22)18-17-15/h2-11H2,1H3,(H,18,22). The SMILES string of the molecule is CC(=O)N1CCN(CCc2n[nH]c(=O)c3c2CCCC3)CC1. The second kappa shape index (κ2) is 6.60. The molecule has 0 radical (unpaired) electrons. The van der Waals surface area contributed by atoms with Gasteiger partial charge in [-0.2, -0.15) is 5.10 Å². The number of piperazine rings is 1. The summed E-state index contributed by atoms with van der Waals surface area (Å²) in [7, 11) is 0. The molecule has 0 saturated carbocycles. The van der Waals surface area contributed by atoms with Crippen molar-refractivity contribution in [2.45, 2.75) is 39.0 Å². The van der Waals surface area contributed by atoms with Crippen LogP contribution in [-0.2, 0) is 24.1 Å². The fourth-order valence-corrected chi connectivity index (χ4v) is 3.48. The van der Waals surface area contributed by atoms with Gasteiger partial charge in [0.15, 0.2) is 0 Å². The maximum Gasteiger partial charge on any atom is 0.267 e. The zero-order valence-corrected chi connectivity index (χ0v) is 13.2. The predicted molar refractivity (Wildman–Crippen MR) is 83.9 cm³/mol. The average Bonchev–Trinajstić information content (AvgIpc) is 2.55. The summed E-state index contributed by atoms with van der Waals surface area (Å²) in [5.74, 6) is 0.163. The molecule has 6 heteroatoms. The molecule has 1 aromatic heterocycles. The highest BCUT2D eigenvalue weighted by molar-refractivity contribution is 5.73. The highest BCUT2D eigenvalue weighted by atomic mass is 16.2. The fourth-order valence-electron chi connectivity index (χ4n) is 3.48. The summed E-state index contributed by atoms with van der Waals surface area (Å²) in [6.07, 6.45) is 5.01. The first-order chi connectivity index (χ1) is 10.6. The first-order valence-electron chi connectivity index (χ1n) is 8.22. The number of aromatic nitrogens is 2. The summed E-state index contributed by atoms with van der Waals surface area (Å²) in [5.41, 5.74) is 3.20. The molecular formula is C16H24N4O2. The number of amides is 1. The van der Waals surface area contributed by atoms with Gasteiger partial charge in [-0.05, 0) is 31.2 Å². The van der Waals surface area contributed by atoms with Crippen LogP contribution in [0.2, 0.25) is 0 Å². The molecule has 0 atom stereocenters. The highest BCUT2D eigenvalue weighted by Gasteiger charge is 2.21. The molecule has 0 unspecified atom stereocenters. The molecule has 120 valence electrons. The van der Waals surface area contributed by atoms with Crippen LogP contribution in [0.15, 0.2) is 4.79 Å². The maximum atomic E-state index is 11.9. The van der Waals surface area contributed by atoms with E-state index in [9.17, 15) is 9.59 Å². The van der Waals surface area contributed by atoms with Crippen molar-refractivity contribution in [2.24, 2.45) is 0 Å². The number of H-pyrrole nitrogens is 1. The lowest BCUT2D eigenvalue weighted by Gasteiger charge is -2.34. The third-order valence-electron chi connectivity index (χ3n) is 4.87. The Bertz CT molecular complexity index is 603. The third-order valence-corrected chi connectivity index (χ3v) is 4.87. The van der Waals surface area contributed by atoms with Crippen LogP contribution in [0.4, 0.5) is 0 Å². The summed E-state index contributed by atoms with van der Waals surface area (Å²) in [5, 5.41) is 6.95. The molecule has 0 aromatic carbocycles. The van der Waals surface area contributed by atoms with Crippen LogP contribution in [0.5, 0.6) is 0 Å². The molecule has 1 aliphatic carbocycles. The summed E-state index contributed by atoms with van der Waals surface area (Å²) in [6.45, 7) is 6.04. The van der Waals surface area contributed by atoms with Gasteiger partial charge in [0, 0.05) is 51.6 Å². The van der Waals surface area contributed by atoms with Crippen molar-refractivity contribution in [1.82, 2.24) is 20.0 Å². The third kappa shape index (κ3) is 3.21. The van der Waals surface area contributed by atoms with E-state index in [2.05, 4.69) is 15.1 Å². The summed E-state index contributed by atoms with van der Waals surface area (Å²) >= 11 is 0. The van der Waals surface area contributed by atoms with Crippen LogP contribution in [0.25, 0.3) is 0 Å². The quantitative estimate of drug-likeness (QED) is 0.875. The molecule has 3 rings (SSSR count). The van der Waals surface area contributed by atoms with E-state index < -0.39 is 0 Å². The van der Waals surface area contributed by atoms with Crippen LogP contribution in [0, 0.1) is 0 Å². The van der Waals surface area contributed by atoms with Gasteiger partial charge < -0.3 is 4.90 Å². The Morgan fingerprint density at radius 2 is 1.82 bits per heavy atom. The van der Waals surface area contributed by atoms with Gasteiger partial charge in [0.25, 0.3) is 5.56 Å². The number of carbonyl (C=O) groups excluding carboxylic acids is 1. The van der Waals surface area contributed by atoms with Crippen LogP contribution >= 0.6 is 0 Å². The molecular weight excluding hydrogens is 280 g/mol. The molecule has 1 fully saturated rings. The molecule has 6 nitrogen and oxygen atoms in total. The molecule has 0 spiro atoms. The summed E-state index contributed by atoms with van der Waals surface area (Å²) in [4.78, 5) is 27.5. The van der Waals surface area contributed by atoms with Crippen LogP contribution in [0.1, 0.15) is 36.6 Å². The molecule has 1 saturated heterocycles. The Balaban J connectivity index is 1.61. The minimum atomic E-state index is -0.00600. The molecule has 1 aromatic rings. The van der Waals surface area contributed by atoms with Crippen LogP contribution in [0.3, 0.4) is 0 Å². The Hall–Kier alpha value is -1.69. The monoisotopic (exact) mass is 304 g/mol. The number of nitrogens with zero attached hydrogens (tertiary/aromatic N) is 3. The van der Waals surface area contributed by atoms with Crippen LogP contribution in [-0.4, -0.2) is 58.6 Å². The maximum absolute atomic E-state index is 11.9. The molecule has 1 N–H and O–H groups in total. The first kappa shape index (κ1) is 15.2. The van der Waals surface area contributed by atoms with Gasteiger partial charge in [-0.15, -0.1) is 0 Å². The van der Waals surface area contributed by atoms with Crippen molar-refractivity contribution < 1.29 is 4.79 Å². The van der Waals surface area contributed by atoms with E-state index in [4.69, 9.17) is 0 Å². The Labute approximate surface area is 130 Å². The zero-order chi connectivity index (χ0) is 15.5. The van der Waals surface area contributed by atoms with Gasteiger partial charge in [-0.25, -0.2) is 5.10 Å². The molecule has 2 aliphatic rings. The normalized spacial score (nSPS) is 19.0. The number of fused-ring (bicyclic) bond motifs is 1. The van der Waals surface area contributed by atoms with Crippen molar-refractivity contribution in [3.05, 3.63) is 27.2 Å². The molecule has 2 heterocycles. The molecule has 22 heavy (non-hydrogen) atoms. The van der Waals surface area contributed by atoms with Crippen molar-refractivity contribution in [2.75, 3.05) is 32.7 Å². The van der Waals surface area contributed by atoms with Crippen molar-refractivity contribution in [1.29, 1.82) is 0 Å². The summed E-state index contributed by atoms with van der Waals surface area (Å²) in [6, 6.07) is 0. The van der Waals surface area contributed by atoms with Gasteiger partial charge in [0.1, 0.15) is 0 Å². The van der Waals surface area contributed by atoms with Gasteiger partial charge in [-0.1, -0.05) is 0 Å². The lowest BCUT2D eigenvalue weighted by Crippen LogP contribution is -2.48. The van der Waals surface area contributed by atoms with E-state index in [-0.39, 0.29) is 11.5 Å². The van der Waals surface area contributed by atoms with E-state index in [0.29, 0.717) is 0 Å². The number of rotatable bonds is 3. The fraction of sp³-hybridized carbons (Fsp3) is 0.688. The minimum Gasteiger partial charge on any atom is -0.340 e. The van der Waals surface area contributed by atoms with Gasteiger partial charge in [-0.3, -0.25) is 14.5 Å². The number of hydrogen-bond donors (Lipinski definition) is 1. The topological polar surface area (TPSA) is 69.3 Å². The zero-order valence-electron chi connectivity index (χ0n) is 13.2. The Morgan fingerprint density at radius 3 is 2.50 bits per heavy atom. The number of nitrogens with one attached hydrogen (secondary N) is 1. The van der Waals surface area contributed by atoms with Gasteiger partial charge in [0.2, 0.25) is 5.91 Å². The number of carbonyl (C=O) groups is 1. The van der Waals surface area contributed by atoms with Crippen molar-refractivity contribution in [3.63, 3.8) is 0 Å². The largest absolute Gasteiger partial charge is 0.340 e. The predicted octanol–water partition coefficient (Wildman–Crippen LogP) is 0.355. The number of hydrogen-bond acceptors (Lipinski definition) is 4. The lowest BCUT2D eigenvalue weighted by molar-refractivity contribution is -0.130. The van der Waals surface area contributed by atoms with Crippen molar-refractivity contribution in [3.8, 4) is 0 Å². The molecule has 0 bridgehead atoms. The van der Waals surface area contributed by atoms with Gasteiger partial charge in [0.05, 0.1) is 5.69 Å². The van der Waals surface area contributed by atoms with E-state index in [0.717, 1.165) is 76.1 Å². The second-order valence-electron chi connectivity index (χ2n) is 6.26. The van der Waals surface area contributed by atoms with Gasteiger partial charge >= 0.3 is 0 Å². The van der Waals surface area contributed by atoms with E-state index >= 15 is 0 Å². The number of aromatic amines is 1. The Kier molecular flexibility index (Phi) is 4.57. The first-order valence-corrected chi connectivity index (χ1v) is 8.22. The smallest absolute Gasteiger partial charge is 0.267 e. The van der Waals surface area contributed by atoms with Crippen molar-refractivity contribution >= 4 is 5.91 Å². The lowest BCUT2D eigenvalue weighted by atomic mass is 9.91. The van der Waals surface area contributed by atoms with E-state index in [1.807, 2.05) is 4.90 Å².